The van der Waals surface area contributed by atoms with E-state index in [0.717, 1.165) is 39.7 Å². The third kappa shape index (κ3) is 3.41. The van der Waals surface area contributed by atoms with Crippen molar-refractivity contribution in [1.29, 1.82) is 0 Å². The maximum Gasteiger partial charge on any atom is 0.255 e. The van der Waals surface area contributed by atoms with Gasteiger partial charge in [0.05, 0.1) is 5.69 Å². The van der Waals surface area contributed by atoms with Crippen LogP contribution in [-0.4, -0.2) is 40.3 Å². The van der Waals surface area contributed by atoms with E-state index in [2.05, 4.69) is 47.2 Å². The number of hydrazine groups is 1. The predicted molar refractivity (Wildman–Crippen MR) is 139 cm³/mol. The molecule has 2 N–H and O–H groups in total. The number of carbonyl (C=O) groups is 2. The minimum absolute atomic E-state index is 0.0776. The third-order valence-electron chi connectivity index (χ3n) is 7.09. The van der Waals surface area contributed by atoms with Crippen molar-refractivity contribution in [2.45, 2.75) is 44.9 Å². The molecule has 0 fully saturated rings. The molecule has 7 nitrogen and oxygen atoms in total. The van der Waals surface area contributed by atoms with Crippen LogP contribution in [0.25, 0.3) is 10.9 Å². The summed E-state index contributed by atoms with van der Waals surface area (Å²) in [6.45, 7) is 6.35. The molecule has 35 heavy (non-hydrogen) atoms. The van der Waals surface area contributed by atoms with Crippen LogP contribution in [0.3, 0.4) is 0 Å². The van der Waals surface area contributed by atoms with Crippen molar-refractivity contribution >= 4 is 40.0 Å². The molecule has 2 atom stereocenters. The number of hydrogen-bond acceptors (Lipinski definition) is 5. The first-order valence-electron chi connectivity index (χ1n) is 11.9. The molecular weight excluding hydrogens is 462 g/mol. The van der Waals surface area contributed by atoms with E-state index in [1.807, 2.05) is 50.6 Å². The zero-order valence-corrected chi connectivity index (χ0v) is 21.3. The molecule has 2 amide bonds. The van der Waals surface area contributed by atoms with Gasteiger partial charge in [0.15, 0.2) is 5.66 Å². The zero-order valence-electron chi connectivity index (χ0n) is 20.6. The molecular formula is C27H30ClN5O2. The van der Waals surface area contributed by atoms with E-state index < -0.39 is 5.66 Å². The average molecular weight is 492 g/mol. The Morgan fingerprint density at radius 2 is 1.80 bits per heavy atom. The van der Waals surface area contributed by atoms with Gasteiger partial charge in [-0.05, 0) is 64.2 Å². The van der Waals surface area contributed by atoms with E-state index in [0.29, 0.717) is 5.02 Å². The van der Waals surface area contributed by atoms with Gasteiger partial charge in [0.1, 0.15) is 0 Å². The van der Waals surface area contributed by atoms with Crippen molar-refractivity contribution in [1.82, 2.24) is 19.8 Å². The van der Waals surface area contributed by atoms with Gasteiger partial charge in [-0.25, -0.2) is 10.3 Å². The fourth-order valence-corrected chi connectivity index (χ4v) is 5.78. The number of rotatable bonds is 6. The van der Waals surface area contributed by atoms with Crippen molar-refractivity contribution in [2.75, 3.05) is 19.5 Å². The highest BCUT2D eigenvalue weighted by atomic mass is 35.5. The Morgan fingerprint density at radius 3 is 2.43 bits per heavy atom. The summed E-state index contributed by atoms with van der Waals surface area (Å²) in [6, 6.07) is 12.1. The van der Waals surface area contributed by atoms with E-state index in [4.69, 9.17) is 11.6 Å². The molecule has 3 heterocycles. The van der Waals surface area contributed by atoms with Gasteiger partial charge in [0.25, 0.3) is 11.8 Å². The van der Waals surface area contributed by atoms with Crippen LogP contribution in [0.2, 0.25) is 5.02 Å². The Balaban J connectivity index is 1.91. The van der Waals surface area contributed by atoms with Gasteiger partial charge >= 0.3 is 0 Å². The molecule has 0 bridgehead atoms. The number of imide groups is 1. The maximum atomic E-state index is 13.3. The standard InChI is InChI=1S/C27H30ClN5O2/c1-6-22(31(4)5)18-8-7-9-21-26(18)27(30-29-21,33-24(34)12-13-25(33)35)20-15-32(16(2)3)23-11-10-17(28)14-19(20)23/h7-16,22,29-30H,6H2,1-5H3. The van der Waals surface area contributed by atoms with Crippen molar-refractivity contribution < 1.29 is 9.59 Å². The van der Waals surface area contributed by atoms with E-state index in [-0.39, 0.29) is 23.9 Å². The second-order valence-corrected chi connectivity index (χ2v) is 10.1. The Hall–Kier alpha value is -3.13. The first-order valence-corrected chi connectivity index (χ1v) is 12.3. The number of carbonyl (C=O) groups excluding carboxylic acids is 2. The van der Waals surface area contributed by atoms with E-state index in [1.54, 1.807) is 0 Å². The van der Waals surface area contributed by atoms with Gasteiger partial charge in [0.2, 0.25) is 0 Å². The van der Waals surface area contributed by atoms with E-state index in [9.17, 15) is 9.59 Å². The lowest BCUT2D eigenvalue weighted by Crippen LogP contribution is -2.58. The summed E-state index contributed by atoms with van der Waals surface area (Å²) in [6.07, 6.45) is 5.58. The van der Waals surface area contributed by atoms with Gasteiger partial charge in [-0.1, -0.05) is 30.7 Å². The number of fused-ring (bicyclic) bond motifs is 2. The second-order valence-electron chi connectivity index (χ2n) is 9.67. The van der Waals surface area contributed by atoms with E-state index in [1.165, 1.54) is 17.1 Å². The summed E-state index contributed by atoms with van der Waals surface area (Å²) >= 11 is 6.48. The molecule has 0 spiro atoms. The summed E-state index contributed by atoms with van der Waals surface area (Å²) < 4.78 is 2.16. The normalized spacial score (nSPS) is 20.4. The number of nitrogens with zero attached hydrogens (tertiary/aromatic N) is 3. The van der Waals surface area contributed by atoms with Crippen LogP contribution >= 0.6 is 11.6 Å². The van der Waals surface area contributed by atoms with Gasteiger partial charge in [-0.2, -0.15) is 0 Å². The highest BCUT2D eigenvalue weighted by Crippen LogP contribution is 2.49. The van der Waals surface area contributed by atoms with Crippen LogP contribution in [0, 0.1) is 0 Å². The highest BCUT2D eigenvalue weighted by Gasteiger charge is 2.54. The van der Waals surface area contributed by atoms with Crippen molar-refractivity contribution in [3.63, 3.8) is 0 Å². The monoisotopic (exact) mass is 491 g/mol. The van der Waals surface area contributed by atoms with Gasteiger partial charge in [0, 0.05) is 57.5 Å². The maximum absolute atomic E-state index is 13.3. The topological polar surface area (TPSA) is 69.6 Å². The molecule has 0 saturated heterocycles. The summed E-state index contributed by atoms with van der Waals surface area (Å²) in [4.78, 5) is 30.1. The molecule has 2 unspecified atom stereocenters. The lowest BCUT2D eigenvalue weighted by Gasteiger charge is -2.39. The molecule has 2 aromatic carbocycles. The number of amides is 2. The number of halogens is 1. The van der Waals surface area contributed by atoms with Crippen molar-refractivity contribution in [3.8, 4) is 0 Å². The minimum Gasteiger partial charge on any atom is -0.345 e. The fourth-order valence-electron chi connectivity index (χ4n) is 5.60. The highest BCUT2D eigenvalue weighted by molar-refractivity contribution is 6.31. The summed E-state index contributed by atoms with van der Waals surface area (Å²) in [5.41, 5.74) is 9.96. The quantitative estimate of drug-likeness (QED) is 0.478. The Labute approximate surface area is 210 Å². The number of hydrogen-bond donors (Lipinski definition) is 2. The SMILES string of the molecule is CCC(c1cccc2c1C(c1cn(C(C)C)c3ccc(Cl)cc13)(N1C(=O)C=CC1=O)NN2)N(C)C. The summed E-state index contributed by atoms with van der Waals surface area (Å²) in [5.74, 6) is -0.727. The fraction of sp³-hybridized carbons (Fsp3) is 0.333. The molecule has 182 valence electrons. The molecule has 1 aromatic heterocycles. The summed E-state index contributed by atoms with van der Waals surface area (Å²) in [5, 5.41) is 1.47. The third-order valence-corrected chi connectivity index (χ3v) is 7.33. The van der Waals surface area contributed by atoms with Crippen LogP contribution < -0.4 is 10.9 Å². The van der Waals surface area contributed by atoms with Crippen LogP contribution in [-0.2, 0) is 15.3 Å². The van der Waals surface area contributed by atoms with Crippen LogP contribution in [0.5, 0.6) is 0 Å². The lowest BCUT2D eigenvalue weighted by molar-refractivity contribution is -0.143. The Kier molecular flexibility index (Phi) is 5.74. The first kappa shape index (κ1) is 23.6. The van der Waals surface area contributed by atoms with Crippen LogP contribution in [0.15, 0.2) is 54.7 Å². The average Bonchev–Trinajstić information content (AvgIpc) is 3.48. The Morgan fingerprint density at radius 1 is 1.09 bits per heavy atom. The molecule has 2 aliphatic rings. The second kappa shape index (κ2) is 8.52. The molecule has 0 aliphatic carbocycles. The van der Waals surface area contributed by atoms with Crippen molar-refractivity contribution in [3.05, 3.63) is 76.5 Å². The first-order chi connectivity index (χ1) is 16.7. The van der Waals surface area contributed by atoms with Gasteiger partial charge < -0.3 is 14.9 Å². The molecule has 0 radical (unpaired) electrons. The minimum atomic E-state index is -1.27. The van der Waals surface area contributed by atoms with Crippen molar-refractivity contribution in [2.24, 2.45) is 0 Å². The molecule has 5 rings (SSSR count). The molecule has 2 aliphatic heterocycles. The number of aromatic nitrogens is 1. The number of nitrogens with one attached hydrogen (secondary N) is 2. The van der Waals surface area contributed by atoms with Crippen LogP contribution in [0.1, 0.15) is 56.0 Å². The number of anilines is 1. The Bertz CT molecular complexity index is 1360. The molecule has 0 saturated carbocycles. The smallest absolute Gasteiger partial charge is 0.255 e. The zero-order chi connectivity index (χ0) is 25.1. The number of benzene rings is 2. The molecule has 3 aromatic rings. The van der Waals surface area contributed by atoms with Gasteiger partial charge in [-0.15, -0.1) is 0 Å². The largest absolute Gasteiger partial charge is 0.345 e. The van der Waals surface area contributed by atoms with E-state index >= 15 is 0 Å². The predicted octanol–water partition coefficient (Wildman–Crippen LogP) is 4.94. The van der Waals surface area contributed by atoms with Gasteiger partial charge in [-0.3, -0.25) is 9.59 Å². The molecule has 8 heteroatoms. The van der Waals surface area contributed by atoms with Crippen LogP contribution in [0.4, 0.5) is 5.69 Å². The summed E-state index contributed by atoms with van der Waals surface area (Å²) in [7, 11) is 4.09. The lowest BCUT2D eigenvalue weighted by atomic mass is 9.83.